The number of rotatable bonds is 1. The summed E-state index contributed by atoms with van der Waals surface area (Å²) in [5, 5.41) is 0. The predicted octanol–water partition coefficient (Wildman–Crippen LogP) is 1.34. The quantitative estimate of drug-likeness (QED) is 0.637. The summed E-state index contributed by atoms with van der Waals surface area (Å²) in [7, 11) is 0. The molecule has 2 rings (SSSR count). The summed E-state index contributed by atoms with van der Waals surface area (Å²) in [6.07, 6.45) is 3.58. The van der Waals surface area contributed by atoms with Gasteiger partial charge in [0.25, 0.3) is 0 Å². The topological polar surface area (TPSA) is 46.6 Å². The van der Waals surface area contributed by atoms with E-state index in [0.717, 1.165) is 25.8 Å². The minimum absolute atomic E-state index is 0.199. The molecule has 0 spiro atoms. The fourth-order valence-corrected chi connectivity index (χ4v) is 2.14. The van der Waals surface area contributed by atoms with E-state index in [9.17, 15) is 9.59 Å². The first-order valence-corrected chi connectivity index (χ1v) is 5.22. The summed E-state index contributed by atoms with van der Waals surface area (Å²) in [5.41, 5.74) is 0. The Morgan fingerprint density at radius 2 is 1.93 bits per heavy atom. The fourth-order valence-electron chi connectivity index (χ4n) is 2.14. The van der Waals surface area contributed by atoms with E-state index in [1.165, 1.54) is 0 Å². The summed E-state index contributed by atoms with van der Waals surface area (Å²) >= 11 is 0. The Labute approximate surface area is 83.2 Å². The zero-order valence-electron chi connectivity index (χ0n) is 8.20. The Hall–Kier alpha value is -1.06. The molecule has 0 aromatic heterocycles. The van der Waals surface area contributed by atoms with Gasteiger partial charge in [0.1, 0.15) is 5.78 Å². The minimum atomic E-state index is -0.199. The molecule has 1 saturated heterocycles. The van der Waals surface area contributed by atoms with Crippen molar-refractivity contribution in [2.75, 3.05) is 13.2 Å². The van der Waals surface area contributed by atoms with E-state index in [4.69, 9.17) is 4.74 Å². The molecule has 0 aromatic carbocycles. The molecule has 4 heteroatoms. The zero-order valence-corrected chi connectivity index (χ0v) is 8.20. The minimum Gasteiger partial charge on any atom is -0.449 e. The Bertz CT molecular complexity index is 242. The van der Waals surface area contributed by atoms with Crippen LogP contribution in [0.25, 0.3) is 0 Å². The van der Waals surface area contributed by atoms with Crippen LogP contribution in [0.4, 0.5) is 4.79 Å². The van der Waals surface area contributed by atoms with Gasteiger partial charge in [-0.1, -0.05) is 0 Å². The number of ketones is 1. The largest absolute Gasteiger partial charge is 0.449 e. The summed E-state index contributed by atoms with van der Waals surface area (Å²) in [4.78, 5) is 24.2. The number of carbonyl (C=O) groups excluding carboxylic acids is 2. The number of cyclic esters (lactones) is 1. The fraction of sp³-hybridized carbons (Fsp3) is 0.800. The molecule has 14 heavy (non-hydrogen) atoms. The van der Waals surface area contributed by atoms with Crippen molar-refractivity contribution in [1.82, 2.24) is 4.90 Å². The average Bonchev–Trinajstić information content (AvgIpc) is 2.20. The lowest BCUT2D eigenvalue weighted by atomic mass is 9.93. The maximum absolute atomic E-state index is 11.4. The van der Waals surface area contributed by atoms with Gasteiger partial charge in [-0.05, 0) is 19.3 Å². The van der Waals surface area contributed by atoms with E-state index in [1.807, 2.05) is 0 Å². The van der Waals surface area contributed by atoms with E-state index in [1.54, 1.807) is 4.90 Å². The molecule has 0 atom stereocenters. The predicted molar refractivity (Wildman–Crippen MR) is 49.9 cm³/mol. The number of ether oxygens (including phenoxy) is 1. The van der Waals surface area contributed by atoms with Crippen molar-refractivity contribution in [3.05, 3.63) is 0 Å². The molecule has 1 saturated carbocycles. The monoisotopic (exact) mass is 197 g/mol. The molecular formula is C10H15NO3. The van der Waals surface area contributed by atoms with Crippen LogP contribution in [0.15, 0.2) is 0 Å². The normalized spacial score (nSPS) is 25.0. The lowest BCUT2D eigenvalue weighted by molar-refractivity contribution is -0.121. The number of hydrogen-bond donors (Lipinski definition) is 0. The van der Waals surface area contributed by atoms with Crippen LogP contribution in [0.1, 0.15) is 32.1 Å². The van der Waals surface area contributed by atoms with Crippen LogP contribution in [0.2, 0.25) is 0 Å². The lowest BCUT2D eigenvalue weighted by Gasteiger charge is -2.35. The van der Waals surface area contributed by atoms with E-state index < -0.39 is 0 Å². The Kier molecular flexibility index (Phi) is 2.70. The second-order valence-corrected chi connectivity index (χ2v) is 3.93. The molecule has 78 valence electrons. The number of hydrogen-bond acceptors (Lipinski definition) is 3. The van der Waals surface area contributed by atoms with Crippen LogP contribution in [0.5, 0.6) is 0 Å². The van der Waals surface area contributed by atoms with Gasteiger partial charge in [0.2, 0.25) is 0 Å². The Balaban J connectivity index is 1.93. The van der Waals surface area contributed by atoms with Gasteiger partial charge in [-0.2, -0.15) is 0 Å². The molecule has 1 aliphatic carbocycles. The molecule has 0 aromatic rings. The molecular weight excluding hydrogens is 182 g/mol. The molecule has 0 bridgehead atoms. The molecule has 2 aliphatic rings. The van der Waals surface area contributed by atoms with Crippen LogP contribution < -0.4 is 0 Å². The number of carbonyl (C=O) groups is 2. The van der Waals surface area contributed by atoms with Gasteiger partial charge in [-0.15, -0.1) is 0 Å². The van der Waals surface area contributed by atoms with E-state index in [0.29, 0.717) is 25.2 Å². The van der Waals surface area contributed by atoms with Gasteiger partial charge in [-0.25, -0.2) is 4.79 Å². The standard InChI is InChI=1S/C10H15NO3/c12-9-4-2-8(3-5-9)11-6-1-7-14-10(11)13/h8H,1-7H2. The van der Waals surface area contributed by atoms with Crippen molar-refractivity contribution in [3.63, 3.8) is 0 Å². The van der Waals surface area contributed by atoms with Crippen LogP contribution in [0, 0.1) is 0 Å². The van der Waals surface area contributed by atoms with Crippen LogP contribution in [0.3, 0.4) is 0 Å². The van der Waals surface area contributed by atoms with Crippen molar-refractivity contribution in [3.8, 4) is 0 Å². The summed E-state index contributed by atoms with van der Waals surface area (Å²) in [5.74, 6) is 0.326. The van der Waals surface area contributed by atoms with Gasteiger partial charge < -0.3 is 9.64 Å². The zero-order chi connectivity index (χ0) is 9.97. The van der Waals surface area contributed by atoms with Gasteiger partial charge in [0, 0.05) is 25.4 Å². The molecule has 1 amide bonds. The second kappa shape index (κ2) is 3.98. The average molecular weight is 197 g/mol. The SMILES string of the molecule is O=C1CCC(N2CCCOC2=O)CC1. The lowest BCUT2D eigenvalue weighted by Crippen LogP contribution is -2.46. The molecule has 2 fully saturated rings. The molecule has 1 aliphatic heterocycles. The highest BCUT2D eigenvalue weighted by Gasteiger charge is 2.30. The number of amides is 1. The third kappa shape index (κ3) is 1.89. The van der Waals surface area contributed by atoms with Gasteiger partial charge in [0.15, 0.2) is 0 Å². The first kappa shape index (κ1) is 9.49. The highest BCUT2D eigenvalue weighted by Crippen LogP contribution is 2.22. The Morgan fingerprint density at radius 3 is 2.57 bits per heavy atom. The number of Topliss-reactive ketones (excluding diaryl/α,β-unsaturated/α-hetero) is 1. The summed E-state index contributed by atoms with van der Waals surface area (Å²) in [6, 6.07) is 0.237. The van der Waals surface area contributed by atoms with Crippen molar-refractivity contribution in [2.24, 2.45) is 0 Å². The highest BCUT2D eigenvalue weighted by molar-refractivity contribution is 5.79. The van der Waals surface area contributed by atoms with Crippen molar-refractivity contribution in [2.45, 2.75) is 38.1 Å². The van der Waals surface area contributed by atoms with E-state index in [-0.39, 0.29) is 12.1 Å². The maximum atomic E-state index is 11.4. The Morgan fingerprint density at radius 1 is 1.21 bits per heavy atom. The summed E-state index contributed by atoms with van der Waals surface area (Å²) in [6.45, 7) is 1.33. The van der Waals surface area contributed by atoms with Crippen LogP contribution in [-0.2, 0) is 9.53 Å². The van der Waals surface area contributed by atoms with Crippen molar-refractivity contribution >= 4 is 11.9 Å². The first-order valence-electron chi connectivity index (χ1n) is 5.22. The maximum Gasteiger partial charge on any atom is 0.410 e. The number of nitrogens with zero attached hydrogens (tertiary/aromatic N) is 1. The first-order chi connectivity index (χ1) is 6.77. The van der Waals surface area contributed by atoms with Crippen LogP contribution in [-0.4, -0.2) is 36.0 Å². The molecule has 0 N–H and O–H groups in total. The highest BCUT2D eigenvalue weighted by atomic mass is 16.6. The van der Waals surface area contributed by atoms with E-state index >= 15 is 0 Å². The van der Waals surface area contributed by atoms with E-state index in [2.05, 4.69) is 0 Å². The van der Waals surface area contributed by atoms with Crippen LogP contribution >= 0.6 is 0 Å². The van der Waals surface area contributed by atoms with Gasteiger partial charge in [0.05, 0.1) is 6.61 Å². The van der Waals surface area contributed by atoms with Gasteiger partial charge >= 0.3 is 6.09 Å². The third-order valence-corrected chi connectivity index (χ3v) is 2.96. The second-order valence-electron chi connectivity index (χ2n) is 3.93. The smallest absolute Gasteiger partial charge is 0.410 e. The van der Waals surface area contributed by atoms with Crippen molar-refractivity contribution < 1.29 is 14.3 Å². The third-order valence-electron chi connectivity index (χ3n) is 2.96. The molecule has 1 heterocycles. The van der Waals surface area contributed by atoms with Gasteiger partial charge in [-0.3, -0.25) is 4.79 Å². The molecule has 0 unspecified atom stereocenters. The van der Waals surface area contributed by atoms with Crippen molar-refractivity contribution in [1.29, 1.82) is 0 Å². The summed E-state index contributed by atoms with van der Waals surface area (Å²) < 4.78 is 4.97. The molecule has 4 nitrogen and oxygen atoms in total. The molecule has 0 radical (unpaired) electrons.